The zero-order valence-corrected chi connectivity index (χ0v) is 12.7. The minimum Gasteiger partial charge on any atom is -0.392 e. The number of likely N-dealkylation sites (tertiary alicyclic amines) is 1. The Morgan fingerprint density at radius 1 is 1.35 bits per heavy atom. The topological polar surface area (TPSA) is 81.7 Å². The third-order valence-electron chi connectivity index (χ3n) is 3.58. The van der Waals surface area contributed by atoms with E-state index in [2.05, 4.69) is 10.6 Å². The Labute approximate surface area is 120 Å². The molecule has 20 heavy (non-hydrogen) atoms. The predicted molar refractivity (Wildman–Crippen MR) is 77.2 cm³/mol. The molecule has 1 heterocycles. The Kier molecular flexibility index (Phi) is 6.42. The highest BCUT2D eigenvalue weighted by Gasteiger charge is 2.24. The molecule has 1 atom stereocenters. The molecule has 0 aromatic heterocycles. The van der Waals surface area contributed by atoms with E-state index in [4.69, 9.17) is 0 Å². The number of carbonyl (C=O) groups excluding carboxylic acids is 2. The highest BCUT2D eigenvalue weighted by molar-refractivity contribution is 5.79. The van der Waals surface area contributed by atoms with Crippen molar-refractivity contribution in [2.45, 2.75) is 51.2 Å². The summed E-state index contributed by atoms with van der Waals surface area (Å²) in [5.74, 6) is -0.0764. The van der Waals surface area contributed by atoms with Crippen LogP contribution in [0.3, 0.4) is 0 Å². The molecular weight excluding hydrogens is 258 g/mol. The first-order valence-electron chi connectivity index (χ1n) is 7.24. The van der Waals surface area contributed by atoms with Gasteiger partial charge < -0.3 is 15.7 Å². The fourth-order valence-corrected chi connectivity index (χ4v) is 2.41. The molecule has 0 spiro atoms. The van der Waals surface area contributed by atoms with E-state index in [0.29, 0.717) is 25.9 Å². The second kappa shape index (κ2) is 7.59. The number of aliphatic hydroxyl groups is 1. The van der Waals surface area contributed by atoms with Crippen LogP contribution < -0.4 is 10.6 Å². The number of amides is 2. The molecule has 0 radical (unpaired) electrons. The number of hydrogen-bond donors (Lipinski definition) is 3. The summed E-state index contributed by atoms with van der Waals surface area (Å²) in [4.78, 5) is 25.2. The van der Waals surface area contributed by atoms with E-state index in [1.165, 1.54) is 0 Å². The van der Waals surface area contributed by atoms with Crippen molar-refractivity contribution in [1.29, 1.82) is 0 Å². The largest absolute Gasteiger partial charge is 0.392 e. The second-order valence-corrected chi connectivity index (χ2v) is 6.14. The van der Waals surface area contributed by atoms with Crippen molar-refractivity contribution >= 4 is 11.8 Å². The molecule has 0 saturated carbocycles. The van der Waals surface area contributed by atoms with Gasteiger partial charge in [-0.25, -0.2) is 0 Å². The van der Waals surface area contributed by atoms with Crippen LogP contribution in [-0.2, 0) is 9.59 Å². The molecule has 3 N–H and O–H groups in total. The number of hydrogen-bond acceptors (Lipinski definition) is 4. The van der Waals surface area contributed by atoms with Crippen molar-refractivity contribution in [2.75, 3.05) is 26.7 Å². The monoisotopic (exact) mass is 285 g/mol. The Balaban J connectivity index is 2.34. The fourth-order valence-electron chi connectivity index (χ4n) is 2.41. The molecule has 0 bridgehead atoms. The number of nitrogens with one attached hydrogen (secondary N) is 2. The number of piperidine rings is 1. The minimum atomic E-state index is -0.405. The number of carbonyl (C=O) groups is 2. The Morgan fingerprint density at radius 3 is 2.65 bits per heavy atom. The number of aliphatic hydroxyl groups excluding tert-OH is 1. The van der Waals surface area contributed by atoms with Crippen molar-refractivity contribution in [3.8, 4) is 0 Å². The summed E-state index contributed by atoms with van der Waals surface area (Å²) in [5.41, 5.74) is -0.405. The summed E-state index contributed by atoms with van der Waals surface area (Å²) in [6.07, 6.45) is 2.41. The average Bonchev–Trinajstić information content (AvgIpc) is 2.35. The summed E-state index contributed by atoms with van der Waals surface area (Å²) >= 11 is 0. The maximum absolute atomic E-state index is 12.0. The Morgan fingerprint density at radius 2 is 2.05 bits per heavy atom. The molecule has 0 aromatic rings. The van der Waals surface area contributed by atoms with Crippen LogP contribution in [0.1, 0.15) is 39.5 Å². The van der Waals surface area contributed by atoms with Crippen LogP contribution in [-0.4, -0.2) is 60.1 Å². The van der Waals surface area contributed by atoms with Crippen LogP contribution in [0.2, 0.25) is 0 Å². The first-order valence-corrected chi connectivity index (χ1v) is 7.24. The first-order chi connectivity index (χ1) is 9.32. The van der Waals surface area contributed by atoms with E-state index >= 15 is 0 Å². The highest BCUT2D eigenvalue weighted by atomic mass is 16.3. The first kappa shape index (κ1) is 16.9. The zero-order chi connectivity index (χ0) is 15.2. The van der Waals surface area contributed by atoms with E-state index in [1.54, 1.807) is 7.05 Å². The zero-order valence-electron chi connectivity index (χ0n) is 12.7. The maximum Gasteiger partial charge on any atom is 0.234 e. The molecule has 0 aromatic carbocycles. The van der Waals surface area contributed by atoms with Crippen molar-refractivity contribution in [3.05, 3.63) is 0 Å². The lowest BCUT2D eigenvalue weighted by Gasteiger charge is -2.31. The Hall–Kier alpha value is -1.14. The molecule has 0 aliphatic carbocycles. The third kappa shape index (κ3) is 6.34. The smallest absolute Gasteiger partial charge is 0.234 e. The standard InChI is InChI=1S/C14H27N3O3/c1-14(2,7-6-12(19)15-3)16-13(20)10-17-8-4-5-11(18)9-17/h11,18H,4-10H2,1-3H3,(H,15,19)(H,16,20)/t11-/m0/s1. The molecular formula is C14H27N3O3. The lowest BCUT2D eigenvalue weighted by atomic mass is 9.98. The summed E-state index contributed by atoms with van der Waals surface area (Å²) in [7, 11) is 1.61. The third-order valence-corrected chi connectivity index (χ3v) is 3.58. The molecule has 1 rings (SSSR count). The van der Waals surface area contributed by atoms with Crippen molar-refractivity contribution in [2.24, 2.45) is 0 Å². The lowest BCUT2D eigenvalue weighted by Crippen LogP contribution is -2.50. The van der Waals surface area contributed by atoms with Gasteiger partial charge in [0.1, 0.15) is 0 Å². The van der Waals surface area contributed by atoms with Gasteiger partial charge in [-0.3, -0.25) is 14.5 Å². The number of rotatable bonds is 6. The van der Waals surface area contributed by atoms with Gasteiger partial charge >= 0.3 is 0 Å². The normalized spacial score (nSPS) is 20.5. The van der Waals surface area contributed by atoms with Crippen LogP contribution in [0.25, 0.3) is 0 Å². The van der Waals surface area contributed by atoms with Crippen molar-refractivity contribution in [1.82, 2.24) is 15.5 Å². The molecule has 0 unspecified atom stereocenters. The van der Waals surface area contributed by atoms with E-state index < -0.39 is 5.54 Å². The van der Waals surface area contributed by atoms with Crippen LogP contribution in [0.5, 0.6) is 0 Å². The summed E-state index contributed by atoms with van der Waals surface area (Å²) in [6.45, 7) is 5.55. The Bertz CT molecular complexity index is 345. The molecule has 1 fully saturated rings. The fraction of sp³-hybridized carbons (Fsp3) is 0.857. The predicted octanol–water partition coefficient (Wildman–Crippen LogP) is -0.136. The summed E-state index contributed by atoms with van der Waals surface area (Å²) in [6, 6.07) is 0. The quantitative estimate of drug-likeness (QED) is 0.635. The van der Waals surface area contributed by atoms with E-state index in [0.717, 1.165) is 19.4 Å². The van der Waals surface area contributed by atoms with E-state index in [9.17, 15) is 14.7 Å². The van der Waals surface area contributed by atoms with Gasteiger partial charge in [0.05, 0.1) is 12.6 Å². The van der Waals surface area contributed by atoms with Crippen LogP contribution in [0.4, 0.5) is 0 Å². The van der Waals surface area contributed by atoms with E-state index in [1.807, 2.05) is 18.7 Å². The van der Waals surface area contributed by atoms with Crippen molar-refractivity contribution in [3.63, 3.8) is 0 Å². The summed E-state index contributed by atoms with van der Waals surface area (Å²) < 4.78 is 0. The van der Waals surface area contributed by atoms with Gasteiger partial charge in [0, 0.05) is 25.6 Å². The second-order valence-electron chi connectivity index (χ2n) is 6.14. The van der Waals surface area contributed by atoms with Crippen LogP contribution in [0.15, 0.2) is 0 Å². The van der Waals surface area contributed by atoms with Crippen LogP contribution in [0, 0.1) is 0 Å². The molecule has 1 aliphatic rings. The van der Waals surface area contributed by atoms with Crippen LogP contribution >= 0.6 is 0 Å². The van der Waals surface area contributed by atoms with Gasteiger partial charge in [0.2, 0.25) is 11.8 Å². The molecule has 6 nitrogen and oxygen atoms in total. The molecule has 116 valence electrons. The maximum atomic E-state index is 12.0. The lowest BCUT2D eigenvalue weighted by molar-refractivity contribution is -0.125. The van der Waals surface area contributed by atoms with Gasteiger partial charge in [-0.1, -0.05) is 0 Å². The molecule has 1 saturated heterocycles. The molecule has 6 heteroatoms. The minimum absolute atomic E-state index is 0.0218. The van der Waals surface area contributed by atoms with Gasteiger partial charge in [-0.15, -0.1) is 0 Å². The molecule has 1 aliphatic heterocycles. The summed E-state index contributed by atoms with van der Waals surface area (Å²) in [5, 5.41) is 15.1. The SMILES string of the molecule is CNC(=O)CCC(C)(C)NC(=O)CN1CCC[C@H](O)C1. The van der Waals surface area contributed by atoms with Gasteiger partial charge in [0.15, 0.2) is 0 Å². The van der Waals surface area contributed by atoms with E-state index in [-0.39, 0.29) is 17.9 Å². The van der Waals surface area contributed by atoms with Crippen molar-refractivity contribution < 1.29 is 14.7 Å². The van der Waals surface area contributed by atoms with Gasteiger partial charge in [-0.2, -0.15) is 0 Å². The highest BCUT2D eigenvalue weighted by Crippen LogP contribution is 2.12. The van der Waals surface area contributed by atoms with Gasteiger partial charge in [-0.05, 0) is 39.7 Å². The number of β-amino-alcohol motifs (C(OH)–C–C–N with tert-alkyl or cyclic N) is 1. The average molecular weight is 285 g/mol. The number of nitrogens with zero attached hydrogens (tertiary/aromatic N) is 1. The van der Waals surface area contributed by atoms with Gasteiger partial charge in [0.25, 0.3) is 0 Å². The molecule has 2 amide bonds.